The molecule has 2 heterocycles. The number of aromatic nitrogens is 1. The normalized spacial score (nSPS) is 19.3. The van der Waals surface area contributed by atoms with E-state index < -0.39 is 11.6 Å². The standard InChI is InChI=1S/C12H18F2N4O/c1-18(6-8-3-2-4-19-7-8)12-10(14)5-9(13)11(16-12)17-15/h5,8H,2-4,6-7,15H2,1H3,(H,16,17). The lowest BCUT2D eigenvalue weighted by Gasteiger charge is -2.28. The number of nitrogens with one attached hydrogen (secondary N) is 1. The maximum absolute atomic E-state index is 13.7. The maximum Gasteiger partial charge on any atom is 0.178 e. The Morgan fingerprint density at radius 1 is 1.53 bits per heavy atom. The summed E-state index contributed by atoms with van der Waals surface area (Å²) in [4.78, 5) is 5.52. The summed E-state index contributed by atoms with van der Waals surface area (Å²) in [7, 11) is 1.72. The molecule has 0 aromatic carbocycles. The number of hydrogen-bond acceptors (Lipinski definition) is 5. The van der Waals surface area contributed by atoms with Crippen molar-refractivity contribution in [1.29, 1.82) is 0 Å². The summed E-state index contributed by atoms with van der Waals surface area (Å²) in [6.45, 7) is 2.05. The molecule has 1 aliphatic rings. The minimum atomic E-state index is -0.807. The van der Waals surface area contributed by atoms with Crippen molar-refractivity contribution < 1.29 is 13.5 Å². The molecule has 0 bridgehead atoms. The molecule has 1 aliphatic heterocycles. The molecule has 1 saturated heterocycles. The molecule has 3 N–H and O–H groups in total. The number of nitrogen functional groups attached to an aromatic ring is 1. The average Bonchev–Trinajstić information content (AvgIpc) is 2.40. The van der Waals surface area contributed by atoms with Gasteiger partial charge in [-0.3, -0.25) is 0 Å². The van der Waals surface area contributed by atoms with Gasteiger partial charge < -0.3 is 15.1 Å². The van der Waals surface area contributed by atoms with Crippen LogP contribution in [0.15, 0.2) is 6.07 Å². The van der Waals surface area contributed by atoms with E-state index >= 15 is 0 Å². The molecule has 1 fully saturated rings. The van der Waals surface area contributed by atoms with Crippen LogP contribution in [-0.4, -0.2) is 31.8 Å². The van der Waals surface area contributed by atoms with Gasteiger partial charge in [-0.2, -0.15) is 0 Å². The second-order valence-corrected chi connectivity index (χ2v) is 4.73. The van der Waals surface area contributed by atoms with E-state index in [2.05, 4.69) is 10.4 Å². The van der Waals surface area contributed by atoms with Crippen molar-refractivity contribution in [2.24, 2.45) is 11.8 Å². The average molecular weight is 272 g/mol. The zero-order valence-corrected chi connectivity index (χ0v) is 10.8. The van der Waals surface area contributed by atoms with Crippen LogP contribution in [-0.2, 0) is 4.74 Å². The Hall–Kier alpha value is -1.47. The summed E-state index contributed by atoms with van der Waals surface area (Å²) < 4.78 is 32.4. The molecule has 7 heteroatoms. The first-order valence-corrected chi connectivity index (χ1v) is 6.23. The highest BCUT2D eigenvalue weighted by molar-refractivity contribution is 5.48. The molecule has 106 valence electrons. The number of nitrogens with zero attached hydrogens (tertiary/aromatic N) is 2. The molecule has 0 radical (unpaired) electrons. The highest BCUT2D eigenvalue weighted by Crippen LogP contribution is 2.23. The summed E-state index contributed by atoms with van der Waals surface area (Å²) in [6, 6.07) is 0.783. The number of rotatable bonds is 4. The largest absolute Gasteiger partial charge is 0.381 e. The van der Waals surface area contributed by atoms with Crippen LogP contribution in [0.2, 0.25) is 0 Å². The smallest absolute Gasteiger partial charge is 0.178 e. The number of hydrogen-bond donors (Lipinski definition) is 2. The highest BCUT2D eigenvalue weighted by Gasteiger charge is 2.20. The van der Waals surface area contributed by atoms with Gasteiger partial charge in [-0.05, 0) is 18.8 Å². The Morgan fingerprint density at radius 3 is 2.95 bits per heavy atom. The third-order valence-electron chi connectivity index (χ3n) is 3.20. The van der Waals surface area contributed by atoms with Crippen LogP contribution in [0.5, 0.6) is 0 Å². The van der Waals surface area contributed by atoms with Crippen molar-refractivity contribution in [3.8, 4) is 0 Å². The quantitative estimate of drug-likeness (QED) is 0.642. The first kappa shape index (κ1) is 14.0. The second-order valence-electron chi connectivity index (χ2n) is 4.73. The molecule has 0 amide bonds. The van der Waals surface area contributed by atoms with Gasteiger partial charge in [-0.1, -0.05) is 0 Å². The van der Waals surface area contributed by atoms with E-state index in [1.54, 1.807) is 11.9 Å². The molecule has 0 aliphatic carbocycles. The van der Waals surface area contributed by atoms with Crippen molar-refractivity contribution in [3.63, 3.8) is 0 Å². The number of halogens is 2. The molecular formula is C12H18F2N4O. The van der Waals surface area contributed by atoms with Crippen molar-refractivity contribution in [3.05, 3.63) is 17.7 Å². The zero-order valence-electron chi connectivity index (χ0n) is 10.8. The third-order valence-corrected chi connectivity index (χ3v) is 3.20. The topological polar surface area (TPSA) is 63.4 Å². The predicted molar refractivity (Wildman–Crippen MR) is 68.8 cm³/mol. The first-order chi connectivity index (χ1) is 9.11. The number of ether oxygens (including phenoxy) is 1. The van der Waals surface area contributed by atoms with Crippen LogP contribution in [0.4, 0.5) is 20.4 Å². The molecule has 1 aromatic rings. The Morgan fingerprint density at radius 2 is 2.32 bits per heavy atom. The van der Waals surface area contributed by atoms with Crippen LogP contribution in [0.25, 0.3) is 0 Å². The van der Waals surface area contributed by atoms with E-state index in [4.69, 9.17) is 10.6 Å². The van der Waals surface area contributed by atoms with E-state index in [-0.39, 0.29) is 11.6 Å². The number of hydrazine groups is 1. The SMILES string of the molecule is CN(CC1CCCOC1)c1nc(NN)c(F)cc1F. The van der Waals surface area contributed by atoms with Gasteiger partial charge in [0.25, 0.3) is 0 Å². The predicted octanol–water partition coefficient (Wildman–Crippen LogP) is 1.51. The molecule has 19 heavy (non-hydrogen) atoms. The molecule has 1 aromatic heterocycles. The summed E-state index contributed by atoms with van der Waals surface area (Å²) in [5.41, 5.74) is 2.12. The van der Waals surface area contributed by atoms with Crippen LogP contribution in [0.3, 0.4) is 0 Å². The number of anilines is 2. The molecular weight excluding hydrogens is 254 g/mol. The molecule has 1 atom stereocenters. The minimum absolute atomic E-state index is 0.0833. The van der Waals surface area contributed by atoms with Crippen molar-refractivity contribution >= 4 is 11.6 Å². The monoisotopic (exact) mass is 272 g/mol. The van der Waals surface area contributed by atoms with Gasteiger partial charge in [0.1, 0.15) is 0 Å². The minimum Gasteiger partial charge on any atom is -0.381 e. The Bertz CT molecular complexity index is 438. The molecule has 1 unspecified atom stereocenters. The van der Waals surface area contributed by atoms with Gasteiger partial charge in [0.05, 0.1) is 6.61 Å². The van der Waals surface area contributed by atoms with Crippen molar-refractivity contribution in [2.45, 2.75) is 12.8 Å². The zero-order chi connectivity index (χ0) is 13.8. The van der Waals surface area contributed by atoms with Gasteiger partial charge in [0.15, 0.2) is 23.3 Å². The highest BCUT2D eigenvalue weighted by atomic mass is 19.1. The van der Waals surface area contributed by atoms with Crippen LogP contribution in [0.1, 0.15) is 12.8 Å². The van der Waals surface area contributed by atoms with Gasteiger partial charge in [-0.25, -0.2) is 19.6 Å². The molecule has 0 saturated carbocycles. The van der Waals surface area contributed by atoms with E-state index in [0.29, 0.717) is 19.1 Å². The lowest BCUT2D eigenvalue weighted by Crippen LogP contribution is -2.32. The Labute approximate surface area is 110 Å². The lowest BCUT2D eigenvalue weighted by atomic mass is 10.0. The van der Waals surface area contributed by atoms with E-state index in [0.717, 1.165) is 25.5 Å². The molecule has 0 spiro atoms. The summed E-state index contributed by atoms with van der Waals surface area (Å²) >= 11 is 0. The fourth-order valence-corrected chi connectivity index (χ4v) is 2.25. The van der Waals surface area contributed by atoms with E-state index in [1.165, 1.54) is 0 Å². The van der Waals surface area contributed by atoms with Gasteiger partial charge in [0.2, 0.25) is 0 Å². The van der Waals surface area contributed by atoms with Crippen LogP contribution in [0, 0.1) is 17.6 Å². The first-order valence-electron chi connectivity index (χ1n) is 6.23. The fourth-order valence-electron chi connectivity index (χ4n) is 2.25. The van der Waals surface area contributed by atoms with Gasteiger partial charge in [0, 0.05) is 26.3 Å². The van der Waals surface area contributed by atoms with Crippen molar-refractivity contribution in [2.75, 3.05) is 37.1 Å². The van der Waals surface area contributed by atoms with E-state index in [1.807, 2.05) is 0 Å². The van der Waals surface area contributed by atoms with Gasteiger partial charge in [-0.15, -0.1) is 0 Å². The molecule has 5 nitrogen and oxygen atoms in total. The summed E-state index contributed by atoms with van der Waals surface area (Å²) in [6.07, 6.45) is 2.04. The number of pyridine rings is 1. The second kappa shape index (κ2) is 6.12. The fraction of sp³-hybridized carbons (Fsp3) is 0.583. The Balaban J connectivity index is 2.11. The summed E-state index contributed by atoms with van der Waals surface area (Å²) in [5.74, 6) is 3.89. The lowest BCUT2D eigenvalue weighted by molar-refractivity contribution is 0.0575. The van der Waals surface area contributed by atoms with Gasteiger partial charge >= 0.3 is 0 Å². The van der Waals surface area contributed by atoms with Crippen LogP contribution >= 0.6 is 0 Å². The molecule has 2 rings (SSSR count). The maximum atomic E-state index is 13.7. The van der Waals surface area contributed by atoms with Crippen LogP contribution < -0.4 is 16.2 Å². The number of nitrogens with two attached hydrogens (primary N) is 1. The Kier molecular flexibility index (Phi) is 4.49. The summed E-state index contributed by atoms with van der Waals surface area (Å²) in [5, 5.41) is 0. The third kappa shape index (κ3) is 3.30. The van der Waals surface area contributed by atoms with E-state index in [9.17, 15) is 8.78 Å². The van der Waals surface area contributed by atoms with Crippen molar-refractivity contribution in [1.82, 2.24) is 4.98 Å².